The molecule has 0 bridgehead atoms. The quantitative estimate of drug-likeness (QED) is 0.376. The monoisotopic (exact) mass is 433 g/mol. The second-order valence-corrected chi connectivity index (χ2v) is 7.28. The van der Waals surface area contributed by atoms with E-state index in [0.717, 1.165) is 27.0 Å². The molecule has 0 fully saturated rings. The Morgan fingerprint density at radius 3 is 1.86 bits per heavy atom. The van der Waals surface area contributed by atoms with Crippen molar-refractivity contribution < 1.29 is 4.39 Å². The number of hydrogen-bond acceptors (Lipinski definition) is 3. The lowest BCUT2D eigenvalue weighted by molar-refractivity contribution is 0.622. The highest BCUT2D eigenvalue weighted by atomic mass is 79.9. The molecule has 3 heterocycles. The number of rotatable bonds is 5. The first-order valence-corrected chi connectivity index (χ1v) is 9.69. The maximum atomic E-state index is 13.6. The van der Waals surface area contributed by atoms with Crippen LogP contribution in [0.25, 0.3) is 0 Å². The molecule has 0 spiro atoms. The number of pyridine rings is 3. The van der Waals surface area contributed by atoms with E-state index in [-0.39, 0.29) is 17.7 Å². The molecule has 0 aliphatic rings. The number of benzene rings is 1. The Labute approximate surface area is 171 Å². The first-order valence-electron chi connectivity index (χ1n) is 8.90. The minimum absolute atomic E-state index is 0.0744. The van der Waals surface area contributed by atoms with Crippen molar-refractivity contribution in [1.82, 2.24) is 15.0 Å². The molecule has 3 aromatic heterocycles. The molecule has 1 atom stereocenters. The van der Waals surface area contributed by atoms with Crippen LogP contribution in [0.1, 0.15) is 34.2 Å². The normalized spacial score (nSPS) is 12.1. The molecule has 3 nitrogen and oxygen atoms in total. The van der Waals surface area contributed by atoms with Gasteiger partial charge in [-0.3, -0.25) is 9.97 Å². The molecule has 0 unspecified atom stereocenters. The van der Waals surface area contributed by atoms with Gasteiger partial charge in [-0.05, 0) is 69.0 Å². The zero-order chi connectivity index (χ0) is 19.3. The maximum absolute atomic E-state index is 13.6. The van der Waals surface area contributed by atoms with E-state index in [4.69, 9.17) is 4.98 Å². The van der Waals surface area contributed by atoms with Crippen LogP contribution in [-0.4, -0.2) is 15.0 Å². The molecule has 0 aliphatic heterocycles. The fourth-order valence-corrected chi connectivity index (χ4v) is 3.86. The van der Waals surface area contributed by atoms with Crippen LogP contribution in [0.2, 0.25) is 0 Å². The highest BCUT2D eigenvalue weighted by Gasteiger charge is 2.29. The van der Waals surface area contributed by atoms with Crippen LogP contribution >= 0.6 is 15.9 Å². The lowest BCUT2D eigenvalue weighted by atomic mass is 9.76. The summed E-state index contributed by atoms with van der Waals surface area (Å²) in [7, 11) is 0. The van der Waals surface area contributed by atoms with Crippen molar-refractivity contribution >= 4 is 15.9 Å². The average molecular weight is 434 g/mol. The third kappa shape index (κ3) is 3.99. The molecular weight excluding hydrogens is 417 g/mol. The first-order chi connectivity index (χ1) is 13.7. The fraction of sp³-hybridized carbons (Fsp3) is 0.0870. The second kappa shape index (κ2) is 8.40. The van der Waals surface area contributed by atoms with E-state index < -0.39 is 0 Å². The van der Waals surface area contributed by atoms with E-state index in [1.807, 2.05) is 54.9 Å². The largest absolute Gasteiger partial charge is 0.264 e. The standard InChI is InChI=1S/C23H17BrFN3/c24-21-7-1-6-20(28-21)23(16-8-10-19(25)11-9-16)22(17-4-2-12-26-14-17)18-5-3-13-27-15-18/h1-15,22-23H/t23-/m0/s1. The first kappa shape index (κ1) is 18.4. The molecular formula is C23H17BrFN3. The van der Waals surface area contributed by atoms with Gasteiger partial charge >= 0.3 is 0 Å². The predicted molar refractivity (Wildman–Crippen MR) is 110 cm³/mol. The van der Waals surface area contributed by atoms with Crippen LogP contribution in [0.3, 0.4) is 0 Å². The summed E-state index contributed by atoms with van der Waals surface area (Å²) in [6, 6.07) is 20.4. The van der Waals surface area contributed by atoms with Gasteiger partial charge in [0, 0.05) is 36.6 Å². The third-order valence-corrected chi connectivity index (χ3v) is 5.15. The fourth-order valence-electron chi connectivity index (χ4n) is 3.50. The lowest BCUT2D eigenvalue weighted by Gasteiger charge is -2.28. The van der Waals surface area contributed by atoms with Crippen molar-refractivity contribution in [3.8, 4) is 0 Å². The molecule has 4 rings (SSSR count). The van der Waals surface area contributed by atoms with Crippen LogP contribution in [0.5, 0.6) is 0 Å². The van der Waals surface area contributed by atoms with E-state index >= 15 is 0 Å². The van der Waals surface area contributed by atoms with Crippen LogP contribution in [0, 0.1) is 5.82 Å². The van der Waals surface area contributed by atoms with E-state index in [1.165, 1.54) is 12.1 Å². The molecule has 0 radical (unpaired) electrons. The summed E-state index contributed by atoms with van der Waals surface area (Å²) in [6.45, 7) is 0. The Morgan fingerprint density at radius 2 is 1.32 bits per heavy atom. The topological polar surface area (TPSA) is 38.7 Å². The maximum Gasteiger partial charge on any atom is 0.123 e. The lowest BCUT2D eigenvalue weighted by Crippen LogP contribution is -2.16. The zero-order valence-electron chi connectivity index (χ0n) is 14.9. The van der Waals surface area contributed by atoms with Gasteiger partial charge in [0.25, 0.3) is 0 Å². The van der Waals surface area contributed by atoms with Gasteiger partial charge in [0.15, 0.2) is 0 Å². The van der Waals surface area contributed by atoms with Crippen LogP contribution in [0.4, 0.5) is 4.39 Å². The van der Waals surface area contributed by atoms with Crippen molar-refractivity contribution in [2.75, 3.05) is 0 Å². The van der Waals surface area contributed by atoms with E-state index in [9.17, 15) is 4.39 Å². The van der Waals surface area contributed by atoms with Gasteiger partial charge in [0.2, 0.25) is 0 Å². The van der Waals surface area contributed by atoms with Gasteiger partial charge in [0.05, 0.1) is 5.69 Å². The molecule has 1 aromatic carbocycles. The van der Waals surface area contributed by atoms with Crippen LogP contribution in [0.15, 0.2) is 96.1 Å². The van der Waals surface area contributed by atoms with Gasteiger partial charge in [0.1, 0.15) is 10.4 Å². The number of hydrogen-bond donors (Lipinski definition) is 0. The molecule has 0 saturated heterocycles. The van der Waals surface area contributed by atoms with Crippen molar-refractivity contribution in [2.45, 2.75) is 11.8 Å². The summed E-state index contributed by atoms with van der Waals surface area (Å²) in [6.07, 6.45) is 7.25. The molecule has 5 heteroatoms. The van der Waals surface area contributed by atoms with Gasteiger partial charge in [-0.25, -0.2) is 9.37 Å². The van der Waals surface area contributed by atoms with Crippen molar-refractivity contribution in [2.24, 2.45) is 0 Å². The number of nitrogens with zero attached hydrogens (tertiary/aromatic N) is 3. The predicted octanol–water partition coefficient (Wildman–Crippen LogP) is 5.74. The van der Waals surface area contributed by atoms with E-state index in [1.54, 1.807) is 12.4 Å². The molecule has 0 N–H and O–H groups in total. The molecule has 28 heavy (non-hydrogen) atoms. The van der Waals surface area contributed by atoms with E-state index in [2.05, 4.69) is 38.0 Å². The van der Waals surface area contributed by atoms with Gasteiger partial charge in [-0.1, -0.05) is 30.3 Å². The Hall–Kier alpha value is -2.92. The summed E-state index contributed by atoms with van der Waals surface area (Å²) in [5.41, 5.74) is 3.96. The van der Waals surface area contributed by atoms with Gasteiger partial charge < -0.3 is 0 Å². The highest BCUT2D eigenvalue weighted by Crippen LogP contribution is 2.42. The van der Waals surface area contributed by atoms with Crippen LogP contribution < -0.4 is 0 Å². The smallest absolute Gasteiger partial charge is 0.123 e. The molecule has 0 aliphatic carbocycles. The Morgan fingerprint density at radius 1 is 0.679 bits per heavy atom. The molecule has 138 valence electrons. The zero-order valence-corrected chi connectivity index (χ0v) is 16.5. The summed E-state index contributed by atoms with van der Waals surface area (Å²) in [5, 5.41) is 0. The van der Waals surface area contributed by atoms with Crippen molar-refractivity contribution in [3.63, 3.8) is 0 Å². The minimum Gasteiger partial charge on any atom is -0.264 e. The van der Waals surface area contributed by atoms with E-state index in [0.29, 0.717) is 0 Å². The van der Waals surface area contributed by atoms with Crippen molar-refractivity contribution in [3.05, 3.63) is 124 Å². The molecule has 0 amide bonds. The second-order valence-electron chi connectivity index (χ2n) is 6.46. The molecule has 4 aromatic rings. The molecule has 0 saturated carbocycles. The average Bonchev–Trinajstić information content (AvgIpc) is 2.74. The number of halogens is 2. The van der Waals surface area contributed by atoms with Crippen molar-refractivity contribution in [1.29, 1.82) is 0 Å². The SMILES string of the molecule is Fc1ccc([C@@H](c2cccc(Br)n2)C(c2cccnc2)c2cccnc2)cc1. The Bertz CT molecular complexity index is 1000. The summed E-state index contributed by atoms with van der Waals surface area (Å²) >= 11 is 3.48. The number of aromatic nitrogens is 3. The van der Waals surface area contributed by atoms with Crippen LogP contribution in [-0.2, 0) is 0 Å². The summed E-state index contributed by atoms with van der Waals surface area (Å²) in [5.74, 6) is -0.467. The highest BCUT2D eigenvalue weighted by molar-refractivity contribution is 9.10. The van der Waals surface area contributed by atoms with Gasteiger partial charge in [-0.15, -0.1) is 0 Å². The summed E-state index contributed by atoms with van der Waals surface area (Å²) in [4.78, 5) is 13.4. The third-order valence-electron chi connectivity index (χ3n) is 4.70. The Kier molecular flexibility index (Phi) is 5.53. The minimum atomic E-state index is -0.260. The Balaban J connectivity index is 1.94. The van der Waals surface area contributed by atoms with Gasteiger partial charge in [-0.2, -0.15) is 0 Å². The summed E-state index contributed by atoms with van der Waals surface area (Å²) < 4.78 is 14.4.